The fourth-order valence-electron chi connectivity index (χ4n) is 3.81. The molecule has 0 atom stereocenters. The maximum absolute atomic E-state index is 12.6. The maximum Gasteiger partial charge on any atom is 0.336 e. The van der Waals surface area contributed by atoms with E-state index < -0.39 is 16.0 Å². The average molecular weight is 517 g/mol. The van der Waals surface area contributed by atoms with Gasteiger partial charge in [0.1, 0.15) is 0 Å². The molecule has 0 unspecified atom stereocenters. The first-order chi connectivity index (χ1) is 17.9. The van der Waals surface area contributed by atoms with Crippen LogP contribution in [0.2, 0.25) is 0 Å². The van der Waals surface area contributed by atoms with Gasteiger partial charge in [0, 0.05) is 6.54 Å². The van der Waals surface area contributed by atoms with E-state index in [1.165, 1.54) is 11.6 Å². The minimum absolute atomic E-state index is 0.0575. The second-order valence-corrected chi connectivity index (χ2v) is 10.1. The Hall–Kier alpha value is -3.78. The van der Waals surface area contributed by atoms with Gasteiger partial charge in [-0.15, -0.1) is 0 Å². The van der Waals surface area contributed by atoms with Crippen molar-refractivity contribution in [1.82, 2.24) is 4.72 Å². The number of hydrogen-bond acceptors (Lipinski definition) is 4. The van der Waals surface area contributed by atoms with Crippen molar-refractivity contribution in [2.24, 2.45) is 5.73 Å². The summed E-state index contributed by atoms with van der Waals surface area (Å²) in [5, 5.41) is 9.46. The Labute approximate surface area is 218 Å². The van der Waals surface area contributed by atoms with Crippen molar-refractivity contribution >= 4 is 16.0 Å². The van der Waals surface area contributed by atoms with Gasteiger partial charge in [-0.2, -0.15) is 0 Å². The molecule has 192 valence electrons. The lowest BCUT2D eigenvalue weighted by atomic mass is 9.95. The average Bonchev–Trinajstić information content (AvgIpc) is 2.93. The van der Waals surface area contributed by atoms with Crippen LogP contribution in [0.25, 0.3) is 11.1 Å². The van der Waals surface area contributed by atoms with Crippen molar-refractivity contribution in [1.29, 1.82) is 0 Å². The summed E-state index contributed by atoms with van der Waals surface area (Å²) in [6.45, 7) is 2.81. The zero-order valence-corrected chi connectivity index (χ0v) is 21.6. The van der Waals surface area contributed by atoms with E-state index in [2.05, 4.69) is 16.9 Å². The molecule has 37 heavy (non-hydrogen) atoms. The van der Waals surface area contributed by atoms with E-state index in [1.54, 1.807) is 66.7 Å². The van der Waals surface area contributed by atoms with Crippen LogP contribution in [0.5, 0.6) is 0 Å². The van der Waals surface area contributed by atoms with Gasteiger partial charge in [0.2, 0.25) is 10.0 Å². The highest BCUT2D eigenvalue weighted by molar-refractivity contribution is 7.89. The number of nitrogens with one attached hydrogen (secondary N) is 1. The molecule has 0 bridgehead atoms. The largest absolute Gasteiger partial charge is 0.478 e. The third kappa shape index (κ3) is 7.85. The summed E-state index contributed by atoms with van der Waals surface area (Å²) in [5.41, 5.74) is 9.86. The fourth-order valence-corrected chi connectivity index (χ4v) is 4.82. The third-order valence-corrected chi connectivity index (χ3v) is 7.25. The first-order valence-corrected chi connectivity index (χ1v) is 13.6. The van der Waals surface area contributed by atoms with E-state index in [-0.39, 0.29) is 17.0 Å². The molecular formula is C30H32N2O4S. The molecule has 0 fully saturated rings. The predicted molar refractivity (Wildman–Crippen MR) is 148 cm³/mol. The van der Waals surface area contributed by atoms with Crippen LogP contribution < -0.4 is 10.5 Å². The molecule has 0 aliphatic carbocycles. The Morgan fingerprint density at radius 2 is 1.38 bits per heavy atom. The Balaban J connectivity index is 0.000000356. The van der Waals surface area contributed by atoms with Crippen LogP contribution in [0, 0.1) is 0 Å². The summed E-state index contributed by atoms with van der Waals surface area (Å²) in [4.78, 5) is 11.8. The van der Waals surface area contributed by atoms with Crippen molar-refractivity contribution in [3.8, 4) is 11.1 Å². The van der Waals surface area contributed by atoms with Crippen molar-refractivity contribution in [3.05, 3.63) is 125 Å². The van der Waals surface area contributed by atoms with Crippen LogP contribution >= 0.6 is 0 Å². The van der Waals surface area contributed by atoms with Crippen molar-refractivity contribution in [2.45, 2.75) is 31.2 Å². The van der Waals surface area contributed by atoms with Crippen molar-refractivity contribution in [2.75, 3.05) is 6.54 Å². The van der Waals surface area contributed by atoms with Crippen LogP contribution in [0.3, 0.4) is 0 Å². The molecule has 0 aromatic heterocycles. The van der Waals surface area contributed by atoms with Crippen LogP contribution in [-0.2, 0) is 29.4 Å². The van der Waals surface area contributed by atoms with E-state index in [0.717, 1.165) is 24.9 Å². The summed E-state index contributed by atoms with van der Waals surface area (Å²) >= 11 is 0. The van der Waals surface area contributed by atoms with Gasteiger partial charge in [0.15, 0.2) is 0 Å². The van der Waals surface area contributed by atoms with Gasteiger partial charge >= 0.3 is 5.97 Å². The summed E-state index contributed by atoms with van der Waals surface area (Å²) in [6, 6.07) is 30.9. The summed E-state index contributed by atoms with van der Waals surface area (Å²) in [5.74, 6) is -1.03. The number of carboxylic acid groups (broad SMARTS) is 1. The number of aryl methyl sites for hydroxylation is 1. The molecular weight excluding hydrogens is 484 g/mol. The highest BCUT2D eigenvalue weighted by atomic mass is 32.2. The number of benzene rings is 4. The van der Waals surface area contributed by atoms with Gasteiger partial charge in [0.05, 0.1) is 10.5 Å². The highest BCUT2D eigenvalue weighted by Gasteiger charge is 2.17. The second-order valence-electron chi connectivity index (χ2n) is 8.35. The summed E-state index contributed by atoms with van der Waals surface area (Å²) in [7, 11) is -3.68. The Kier molecular flexibility index (Phi) is 10.1. The Morgan fingerprint density at radius 1 is 0.784 bits per heavy atom. The number of carbonyl (C=O) groups is 1. The smallest absolute Gasteiger partial charge is 0.336 e. The molecule has 7 heteroatoms. The normalized spacial score (nSPS) is 10.9. The number of sulfonamides is 1. The summed E-state index contributed by atoms with van der Waals surface area (Å²) in [6.07, 6.45) is 1.82. The summed E-state index contributed by atoms with van der Waals surface area (Å²) < 4.78 is 27.9. The lowest BCUT2D eigenvalue weighted by Crippen LogP contribution is -2.23. The SMILES string of the molecule is CCc1ccc(S(=O)(=O)NCc2ccccc2-c2ccccc2C(=O)O)cc1.NCCc1ccccc1. The first kappa shape index (κ1) is 27.8. The molecule has 0 saturated carbocycles. The Bertz CT molecular complexity index is 1400. The number of hydrogen-bond donors (Lipinski definition) is 3. The van der Waals surface area contributed by atoms with Crippen molar-refractivity contribution < 1.29 is 18.3 Å². The molecule has 6 nitrogen and oxygen atoms in total. The molecule has 4 aromatic carbocycles. The van der Waals surface area contributed by atoms with Gasteiger partial charge in [-0.3, -0.25) is 0 Å². The van der Waals surface area contributed by atoms with E-state index in [4.69, 9.17) is 5.73 Å². The number of rotatable bonds is 9. The molecule has 0 saturated heterocycles. The van der Waals surface area contributed by atoms with E-state index >= 15 is 0 Å². The zero-order chi connectivity index (χ0) is 26.7. The molecule has 0 radical (unpaired) electrons. The molecule has 4 aromatic rings. The van der Waals surface area contributed by atoms with Crippen LogP contribution in [0.1, 0.15) is 34.0 Å². The highest BCUT2D eigenvalue weighted by Crippen LogP contribution is 2.27. The van der Waals surface area contributed by atoms with Gasteiger partial charge in [0.25, 0.3) is 0 Å². The molecule has 0 aliphatic heterocycles. The van der Waals surface area contributed by atoms with E-state index in [1.807, 2.05) is 25.1 Å². The Morgan fingerprint density at radius 3 is 2.00 bits per heavy atom. The van der Waals surface area contributed by atoms with Gasteiger partial charge in [-0.25, -0.2) is 17.9 Å². The number of aromatic carboxylic acids is 1. The zero-order valence-electron chi connectivity index (χ0n) is 20.8. The molecule has 0 heterocycles. The lowest BCUT2D eigenvalue weighted by Gasteiger charge is -2.13. The molecule has 4 rings (SSSR count). The minimum atomic E-state index is -3.68. The van der Waals surface area contributed by atoms with Crippen molar-refractivity contribution in [3.63, 3.8) is 0 Å². The quantitative estimate of drug-likeness (QED) is 0.280. The van der Waals surface area contributed by atoms with Crippen LogP contribution in [0.15, 0.2) is 108 Å². The molecule has 0 spiro atoms. The maximum atomic E-state index is 12.6. The van der Waals surface area contributed by atoms with Gasteiger partial charge in [-0.1, -0.05) is 91.9 Å². The van der Waals surface area contributed by atoms with Crippen LogP contribution in [-0.4, -0.2) is 26.0 Å². The second kappa shape index (κ2) is 13.5. The molecule has 0 amide bonds. The fraction of sp³-hybridized carbons (Fsp3) is 0.167. The van der Waals surface area contributed by atoms with Crippen LogP contribution in [0.4, 0.5) is 0 Å². The van der Waals surface area contributed by atoms with Gasteiger partial charge in [-0.05, 0) is 65.4 Å². The standard InChI is InChI=1S/C22H21NO4S.C8H11N/c1-2-16-11-13-18(14-12-16)28(26,27)23-15-17-7-3-4-8-19(17)20-9-5-6-10-21(20)22(24)25;9-7-6-8-4-2-1-3-5-8/h3-14,23H,2,15H2,1H3,(H,24,25);1-5H,6-7,9H2. The topological polar surface area (TPSA) is 109 Å². The lowest BCUT2D eigenvalue weighted by molar-refractivity contribution is 0.0697. The first-order valence-electron chi connectivity index (χ1n) is 12.1. The molecule has 4 N–H and O–H groups in total. The van der Waals surface area contributed by atoms with E-state index in [9.17, 15) is 18.3 Å². The van der Waals surface area contributed by atoms with E-state index in [0.29, 0.717) is 16.7 Å². The number of carboxylic acids is 1. The monoisotopic (exact) mass is 516 g/mol. The number of nitrogens with two attached hydrogens (primary N) is 1. The minimum Gasteiger partial charge on any atom is -0.478 e. The molecule has 0 aliphatic rings. The van der Waals surface area contributed by atoms with Gasteiger partial charge < -0.3 is 10.8 Å². The third-order valence-electron chi connectivity index (χ3n) is 5.84. The predicted octanol–water partition coefficient (Wildman–Crippen LogP) is 5.28.